The molecule has 0 aromatic carbocycles. The first-order valence-corrected chi connectivity index (χ1v) is 6.94. The second kappa shape index (κ2) is 3.85. The number of rotatable bonds is 0. The van der Waals surface area contributed by atoms with Crippen molar-refractivity contribution in [3.05, 3.63) is 0 Å². The molecule has 0 rings (SSSR count). The topological polar surface area (TPSA) is 12.4 Å². The van der Waals surface area contributed by atoms with Crippen LogP contribution in [0.1, 0.15) is 41.5 Å². The molecule has 0 bridgehead atoms. The Morgan fingerprint density at radius 3 is 1.73 bits per heavy atom. The van der Waals surface area contributed by atoms with E-state index in [0.29, 0.717) is 5.41 Å². The van der Waals surface area contributed by atoms with E-state index in [0.717, 1.165) is 0 Å². The van der Waals surface area contributed by atoms with Gasteiger partial charge in [-0.2, -0.15) is 0 Å². The Kier molecular flexibility index (Phi) is 3.97. The fraction of sp³-hybridized carbons (Fsp3) is 0.889. The van der Waals surface area contributed by atoms with Gasteiger partial charge in [0.2, 0.25) is 0 Å². The second-order valence-electron chi connectivity index (χ2n) is 4.85. The summed E-state index contributed by atoms with van der Waals surface area (Å²) in [5.74, 6) is 0. The van der Waals surface area contributed by atoms with Crippen LogP contribution >= 0.6 is 0 Å². The normalized spacial score (nSPS) is 12.5. The second-order valence-corrected chi connectivity index (χ2v) is 7.11. The van der Waals surface area contributed by atoms with Crippen LogP contribution in [0.4, 0.5) is 0 Å². The summed E-state index contributed by atoms with van der Waals surface area (Å²) >= 11 is -0.530. The predicted octanol–water partition coefficient (Wildman–Crippen LogP) is 2.90. The third-order valence-electron chi connectivity index (χ3n) is 0.733. The number of hydrogen-bond acceptors (Lipinski definition) is 1. The van der Waals surface area contributed by atoms with Crippen LogP contribution in [0, 0.1) is 5.41 Å². The standard InChI is InChI=1S/C5H10.C4H9N.W/c1-5(2,3)4;1-4(2,3)5;/h1H,2-4H3;1-3H3;. The van der Waals surface area contributed by atoms with Crippen molar-refractivity contribution in [1.82, 2.24) is 0 Å². The molecule has 66 valence electrons. The van der Waals surface area contributed by atoms with Crippen LogP contribution in [0.25, 0.3) is 0 Å². The van der Waals surface area contributed by atoms with Crippen molar-refractivity contribution in [2.45, 2.75) is 47.1 Å². The Hall–Kier alpha value is 0.358. The van der Waals surface area contributed by atoms with Crippen molar-refractivity contribution < 1.29 is 17.9 Å². The van der Waals surface area contributed by atoms with Gasteiger partial charge in [-0.1, -0.05) is 0 Å². The van der Waals surface area contributed by atoms with E-state index in [1.165, 1.54) is 0 Å². The molecule has 0 N–H and O–H groups in total. The van der Waals surface area contributed by atoms with E-state index in [4.69, 9.17) is 0 Å². The van der Waals surface area contributed by atoms with E-state index < -0.39 is 17.9 Å². The predicted molar refractivity (Wildman–Crippen MR) is 47.7 cm³/mol. The Labute approximate surface area is 78.5 Å². The van der Waals surface area contributed by atoms with E-state index in [1.807, 2.05) is 0 Å². The average Bonchev–Trinajstić information content (AvgIpc) is 1.55. The molecule has 0 radical (unpaired) electrons. The first-order chi connectivity index (χ1) is 4.71. The number of hydrogen-bond donors (Lipinski definition) is 0. The molecule has 0 saturated carbocycles. The van der Waals surface area contributed by atoms with Gasteiger partial charge in [-0.3, -0.25) is 0 Å². The van der Waals surface area contributed by atoms with E-state index >= 15 is 0 Å². The van der Waals surface area contributed by atoms with Gasteiger partial charge in [-0.15, -0.1) is 0 Å². The minimum atomic E-state index is -0.530. The first-order valence-electron chi connectivity index (χ1n) is 3.93. The van der Waals surface area contributed by atoms with Gasteiger partial charge in [0.05, 0.1) is 0 Å². The van der Waals surface area contributed by atoms with Crippen LogP contribution in [0.15, 0.2) is 3.50 Å². The quantitative estimate of drug-likeness (QED) is 0.649. The van der Waals surface area contributed by atoms with Gasteiger partial charge in [-0.25, -0.2) is 0 Å². The Balaban J connectivity index is 4.25. The Morgan fingerprint density at radius 1 is 1.00 bits per heavy atom. The third kappa shape index (κ3) is 10.4. The molecule has 0 spiro atoms. The van der Waals surface area contributed by atoms with Crippen LogP contribution in [-0.2, 0) is 17.9 Å². The van der Waals surface area contributed by atoms with Crippen molar-refractivity contribution in [1.29, 1.82) is 0 Å². The van der Waals surface area contributed by atoms with Crippen molar-refractivity contribution >= 4 is 4.40 Å². The van der Waals surface area contributed by atoms with Crippen molar-refractivity contribution in [3.63, 3.8) is 0 Å². The van der Waals surface area contributed by atoms with Crippen LogP contribution in [0.5, 0.6) is 0 Å². The molecule has 2 heteroatoms. The summed E-state index contributed by atoms with van der Waals surface area (Å²) in [5.41, 5.74) is 0.561. The van der Waals surface area contributed by atoms with Crippen LogP contribution in [0.3, 0.4) is 0 Å². The summed E-state index contributed by atoms with van der Waals surface area (Å²) in [5, 5.41) is 0. The molecule has 0 atom stereocenters. The van der Waals surface area contributed by atoms with Gasteiger partial charge in [0.15, 0.2) is 0 Å². The zero-order chi connectivity index (χ0) is 9.12. The van der Waals surface area contributed by atoms with Gasteiger partial charge in [0.25, 0.3) is 0 Å². The fourth-order valence-electron chi connectivity index (χ4n) is 0.343. The van der Waals surface area contributed by atoms with Crippen LogP contribution < -0.4 is 0 Å². The summed E-state index contributed by atoms with van der Waals surface area (Å²) in [7, 11) is 0. The van der Waals surface area contributed by atoms with Crippen molar-refractivity contribution in [3.8, 4) is 0 Å². The van der Waals surface area contributed by atoms with Crippen molar-refractivity contribution in [2.24, 2.45) is 8.91 Å². The number of nitrogens with zero attached hydrogens (tertiary/aromatic N) is 1. The fourth-order valence-corrected chi connectivity index (χ4v) is 2.80. The molecule has 0 aromatic heterocycles. The molecule has 0 amide bonds. The SMILES string of the molecule is CC(C)(C)[CH]=[W]=[N]C(C)(C)C. The zero-order valence-corrected chi connectivity index (χ0v) is 11.4. The van der Waals surface area contributed by atoms with Gasteiger partial charge in [0, 0.05) is 0 Å². The maximum absolute atomic E-state index is 4.65. The minimum absolute atomic E-state index is 0.187. The zero-order valence-electron chi connectivity index (χ0n) is 8.43. The van der Waals surface area contributed by atoms with Gasteiger partial charge in [-0.05, 0) is 0 Å². The average molecular weight is 325 g/mol. The van der Waals surface area contributed by atoms with Crippen molar-refractivity contribution in [2.75, 3.05) is 0 Å². The summed E-state index contributed by atoms with van der Waals surface area (Å²) in [6, 6.07) is 0. The molecule has 0 aromatic rings. The van der Waals surface area contributed by atoms with E-state index in [9.17, 15) is 0 Å². The third-order valence-corrected chi connectivity index (χ3v) is 6.00. The molecule has 0 aliphatic heterocycles. The first kappa shape index (κ1) is 11.4. The summed E-state index contributed by atoms with van der Waals surface area (Å²) < 4.78 is 7.07. The maximum atomic E-state index is 4.65. The molecule has 0 heterocycles. The van der Waals surface area contributed by atoms with Gasteiger partial charge >= 0.3 is 78.3 Å². The molecule has 0 unspecified atom stereocenters. The Morgan fingerprint density at radius 2 is 1.45 bits per heavy atom. The van der Waals surface area contributed by atoms with E-state index in [1.54, 1.807) is 0 Å². The summed E-state index contributed by atoms with van der Waals surface area (Å²) in [6.07, 6.45) is 0. The van der Waals surface area contributed by atoms with E-state index in [-0.39, 0.29) is 5.54 Å². The molecule has 0 saturated heterocycles. The Bertz CT molecular complexity index is 157. The molecule has 1 nitrogen and oxygen atoms in total. The van der Waals surface area contributed by atoms with E-state index in [2.05, 4.69) is 49.4 Å². The van der Waals surface area contributed by atoms with Gasteiger partial charge in [0.1, 0.15) is 0 Å². The summed E-state index contributed by atoms with van der Waals surface area (Å²) in [4.78, 5) is 0. The molecule has 11 heavy (non-hydrogen) atoms. The molecular formula is C9H19NW. The van der Waals surface area contributed by atoms with Crippen LogP contribution in [-0.4, -0.2) is 9.94 Å². The van der Waals surface area contributed by atoms with Gasteiger partial charge < -0.3 is 0 Å². The summed E-state index contributed by atoms with van der Waals surface area (Å²) in [6.45, 7) is 13.2. The molecule has 0 fully saturated rings. The molecule has 0 aliphatic rings. The molecular weight excluding hydrogens is 306 g/mol. The van der Waals surface area contributed by atoms with Crippen LogP contribution in [0.2, 0.25) is 0 Å². The monoisotopic (exact) mass is 325 g/mol. The molecule has 0 aliphatic carbocycles.